The Morgan fingerprint density at radius 1 is 1.25 bits per heavy atom. The van der Waals surface area contributed by atoms with Crippen molar-refractivity contribution in [3.05, 3.63) is 35.0 Å². The lowest BCUT2D eigenvalue weighted by Crippen LogP contribution is -2.49. The average Bonchev–Trinajstić information content (AvgIpc) is 3.06. The van der Waals surface area contributed by atoms with Gasteiger partial charge in [0.2, 0.25) is 0 Å². The number of fused-ring (bicyclic) bond motifs is 1. The summed E-state index contributed by atoms with van der Waals surface area (Å²) in [6.45, 7) is 6.63. The van der Waals surface area contributed by atoms with Gasteiger partial charge in [0.25, 0.3) is 0 Å². The van der Waals surface area contributed by atoms with E-state index in [1.165, 1.54) is 12.8 Å². The van der Waals surface area contributed by atoms with Crippen LogP contribution in [0.15, 0.2) is 28.7 Å². The highest BCUT2D eigenvalue weighted by atomic mass is 35.5. The summed E-state index contributed by atoms with van der Waals surface area (Å²) in [6, 6.07) is 7.53. The molecule has 1 fully saturated rings. The second-order valence-electron chi connectivity index (χ2n) is 6.16. The standard InChI is InChI=1S/C16H21ClN2O/c1-16(2,19-7-3-4-8-19)15(18)14-10-11-9-12(17)5-6-13(11)20-14/h5-6,9-10,15H,3-4,7-8,18H2,1-2H3. The molecule has 0 bridgehead atoms. The van der Waals surface area contributed by atoms with Crippen molar-refractivity contribution in [2.24, 2.45) is 5.73 Å². The summed E-state index contributed by atoms with van der Waals surface area (Å²) in [5.74, 6) is 0.833. The van der Waals surface area contributed by atoms with Crippen LogP contribution in [0.5, 0.6) is 0 Å². The highest BCUT2D eigenvalue weighted by molar-refractivity contribution is 6.31. The molecule has 0 radical (unpaired) electrons. The largest absolute Gasteiger partial charge is 0.459 e. The lowest BCUT2D eigenvalue weighted by atomic mass is 9.91. The third-order valence-electron chi connectivity index (χ3n) is 4.49. The highest BCUT2D eigenvalue weighted by Gasteiger charge is 2.37. The van der Waals surface area contributed by atoms with Crippen molar-refractivity contribution < 1.29 is 4.42 Å². The van der Waals surface area contributed by atoms with Gasteiger partial charge in [-0.15, -0.1) is 0 Å². The first kappa shape index (κ1) is 13.9. The van der Waals surface area contributed by atoms with E-state index in [4.69, 9.17) is 21.8 Å². The van der Waals surface area contributed by atoms with Crippen LogP contribution >= 0.6 is 11.6 Å². The number of nitrogens with two attached hydrogens (primary N) is 1. The zero-order valence-corrected chi connectivity index (χ0v) is 12.8. The van der Waals surface area contributed by atoms with Crippen LogP contribution in [0.1, 0.15) is 38.5 Å². The van der Waals surface area contributed by atoms with Crippen LogP contribution < -0.4 is 5.73 Å². The van der Waals surface area contributed by atoms with Crippen LogP contribution in [0.25, 0.3) is 11.0 Å². The molecule has 1 saturated heterocycles. The molecule has 1 unspecified atom stereocenters. The molecule has 0 spiro atoms. The van der Waals surface area contributed by atoms with Gasteiger partial charge in [0, 0.05) is 15.9 Å². The van der Waals surface area contributed by atoms with E-state index in [1.54, 1.807) is 0 Å². The van der Waals surface area contributed by atoms with E-state index in [1.807, 2.05) is 24.3 Å². The third kappa shape index (κ3) is 2.34. The number of halogens is 1. The number of hydrogen-bond donors (Lipinski definition) is 1. The Kier molecular flexibility index (Phi) is 3.53. The summed E-state index contributed by atoms with van der Waals surface area (Å²) in [7, 11) is 0. The number of benzene rings is 1. The van der Waals surface area contributed by atoms with Gasteiger partial charge in [-0.25, -0.2) is 0 Å². The lowest BCUT2D eigenvalue weighted by Gasteiger charge is -2.39. The molecule has 3 rings (SSSR count). The van der Waals surface area contributed by atoms with Gasteiger partial charge in [0.1, 0.15) is 11.3 Å². The molecule has 3 nitrogen and oxygen atoms in total. The Bertz CT molecular complexity index is 614. The molecule has 2 N–H and O–H groups in total. The van der Waals surface area contributed by atoms with Crippen LogP contribution in [0.4, 0.5) is 0 Å². The molecule has 1 aliphatic heterocycles. The number of furan rings is 1. The number of likely N-dealkylation sites (tertiary alicyclic amines) is 1. The minimum absolute atomic E-state index is 0.103. The van der Waals surface area contributed by atoms with Crippen molar-refractivity contribution >= 4 is 22.6 Å². The molecule has 1 aromatic carbocycles. The van der Waals surface area contributed by atoms with Gasteiger partial charge >= 0.3 is 0 Å². The van der Waals surface area contributed by atoms with E-state index in [2.05, 4.69) is 18.7 Å². The second-order valence-corrected chi connectivity index (χ2v) is 6.59. The Balaban J connectivity index is 1.92. The SMILES string of the molecule is CC(C)(C(N)c1cc2cc(Cl)ccc2o1)N1CCCC1. The van der Waals surface area contributed by atoms with Crippen molar-refractivity contribution in [3.8, 4) is 0 Å². The van der Waals surface area contributed by atoms with Crippen molar-refractivity contribution in [1.29, 1.82) is 0 Å². The number of rotatable bonds is 3. The van der Waals surface area contributed by atoms with Crippen LogP contribution in [-0.4, -0.2) is 23.5 Å². The van der Waals surface area contributed by atoms with Gasteiger partial charge in [-0.05, 0) is 64.0 Å². The molecular weight excluding hydrogens is 272 g/mol. The fraction of sp³-hybridized carbons (Fsp3) is 0.500. The van der Waals surface area contributed by atoms with Gasteiger partial charge in [0.15, 0.2) is 0 Å². The first-order valence-corrected chi connectivity index (χ1v) is 7.56. The van der Waals surface area contributed by atoms with Gasteiger partial charge in [0.05, 0.1) is 6.04 Å². The van der Waals surface area contributed by atoms with Crippen molar-refractivity contribution in [2.75, 3.05) is 13.1 Å². The first-order valence-electron chi connectivity index (χ1n) is 7.18. The molecule has 1 aromatic heterocycles. The first-order chi connectivity index (χ1) is 9.48. The summed E-state index contributed by atoms with van der Waals surface area (Å²) in [5, 5.41) is 1.73. The van der Waals surface area contributed by atoms with E-state index in [9.17, 15) is 0 Å². The molecule has 1 aliphatic rings. The van der Waals surface area contributed by atoms with Crippen LogP contribution in [0.3, 0.4) is 0 Å². The normalized spacial score (nSPS) is 18.8. The van der Waals surface area contributed by atoms with Crippen LogP contribution in [0.2, 0.25) is 5.02 Å². The predicted molar refractivity (Wildman–Crippen MR) is 83.0 cm³/mol. The molecule has 4 heteroatoms. The van der Waals surface area contributed by atoms with Gasteiger partial charge in [-0.3, -0.25) is 4.90 Å². The van der Waals surface area contributed by atoms with Crippen molar-refractivity contribution in [3.63, 3.8) is 0 Å². The number of nitrogens with zero attached hydrogens (tertiary/aromatic N) is 1. The quantitative estimate of drug-likeness (QED) is 0.931. The zero-order valence-electron chi connectivity index (χ0n) is 12.0. The summed E-state index contributed by atoms with van der Waals surface area (Å²) in [4.78, 5) is 2.46. The van der Waals surface area contributed by atoms with Gasteiger partial charge in [-0.2, -0.15) is 0 Å². The van der Waals surface area contributed by atoms with Gasteiger partial charge in [-0.1, -0.05) is 11.6 Å². The van der Waals surface area contributed by atoms with E-state index in [-0.39, 0.29) is 11.6 Å². The Morgan fingerprint density at radius 3 is 2.65 bits per heavy atom. The Morgan fingerprint density at radius 2 is 1.95 bits per heavy atom. The van der Waals surface area contributed by atoms with Crippen LogP contribution in [0, 0.1) is 0 Å². The second kappa shape index (κ2) is 5.06. The Hall–Kier alpha value is -1.03. The van der Waals surface area contributed by atoms with Crippen molar-refractivity contribution in [2.45, 2.75) is 38.3 Å². The predicted octanol–water partition coefficient (Wildman–Crippen LogP) is 3.96. The fourth-order valence-corrected chi connectivity index (χ4v) is 3.21. The maximum atomic E-state index is 6.49. The smallest absolute Gasteiger partial charge is 0.134 e. The maximum absolute atomic E-state index is 6.49. The molecule has 20 heavy (non-hydrogen) atoms. The molecule has 0 amide bonds. The summed E-state index contributed by atoms with van der Waals surface area (Å²) >= 11 is 6.02. The lowest BCUT2D eigenvalue weighted by molar-refractivity contribution is 0.115. The molecular formula is C16H21ClN2O. The van der Waals surface area contributed by atoms with Crippen molar-refractivity contribution in [1.82, 2.24) is 4.90 Å². The molecule has 2 heterocycles. The fourth-order valence-electron chi connectivity index (χ4n) is 3.03. The monoisotopic (exact) mass is 292 g/mol. The summed E-state index contributed by atoms with van der Waals surface area (Å²) in [5.41, 5.74) is 7.23. The molecule has 2 aromatic rings. The average molecular weight is 293 g/mol. The Labute approximate surface area is 124 Å². The summed E-state index contributed by atoms with van der Waals surface area (Å²) in [6.07, 6.45) is 2.51. The van der Waals surface area contributed by atoms with E-state index in [0.717, 1.165) is 34.8 Å². The minimum atomic E-state index is -0.147. The van der Waals surface area contributed by atoms with Gasteiger partial charge < -0.3 is 10.2 Å². The van der Waals surface area contributed by atoms with E-state index in [0.29, 0.717) is 0 Å². The third-order valence-corrected chi connectivity index (χ3v) is 4.72. The maximum Gasteiger partial charge on any atom is 0.134 e. The summed E-state index contributed by atoms with van der Waals surface area (Å²) < 4.78 is 5.92. The van der Waals surface area contributed by atoms with Crippen LogP contribution in [-0.2, 0) is 0 Å². The van der Waals surface area contributed by atoms with E-state index >= 15 is 0 Å². The topological polar surface area (TPSA) is 42.4 Å². The molecule has 108 valence electrons. The van der Waals surface area contributed by atoms with E-state index < -0.39 is 0 Å². The zero-order chi connectivity index (χ0) is 14.3. The molecule has 1 atom stereocenters. The molecule has 0 aliphatic carbocycles. The number of hydrogen-bond acceptors (Lipinski definition) is 3. The minimum Gasteiger partial charge on any atom is -0.459 e. The highest BCUT2D eigenvalue weighted by Crippen LogP contribution is 2.34. The molecule has 0 saturated carbocycles.